The molecule has 0 aromatic heterocycles. The Kier molecular flexibility index (Phi) is 7.45. The third-order valence-corrected chi connectivity index (χ3v) is 1.16. The SMILES string of the molecule is O=C1CCCC1.[Cl][Co][Cl]. The molecule has 0 N–H and O–H groups in total. The topological polar surface area (TPSA) is 17.1 Å². The van der Waals surface area contributed by atoms with Crippen molar-refractivity contribution in [3.8, 4) is 0 Å². The van der Waals surface area contributed by atoms with Gasteiger partial charge < -0.3 is 0 Å². The summed E-state index contributed by atoms with van der Waals surface area (Å²) in [5.41, 5.74) is 0. The van der Waals surface area contributed by atoms with Gasteiger partial charge in [0.25, 0.3) is 0 Å². The van der Waals surface area contributed by atoms with E-state index in [9.17, 15) is 4.79 Å². The van der Waals surface area contributed by atoms with Crippen LogP contribution in [0.5, 0.6) is 0 Å². The quantitative estimate of drug-likeness (QED) is 0.605. The predicted octanol–water partition coefficient (Wildman–Crippen LogP) is 2.51. The molecule has 0 aliphatic heterocycles. The van der Waals surface area contributed by atoms with E-state index in [4.69, 9.17) is 20.3 Å². The second kappa shape index (κ2) is 6.87. The van der Waals surface area contributed by atoms with E-state index in [0.717, 1.165) is 25.7 Å². The van der Waals surface area contributed by atoms with Crippen molar-refractivity contribution in [3.05, 3.63) is 0 Å². The molecule has 4 heteroatoms. The number of hydrogen-bond acceptors (Lipinski definition) is 1. The van der Waals surface area contributed by atoms with Crippen LogP contribution >= 0.6 is 20.3 Å². The molecule has 0 atom stereocenters. The molecule has 1 aliphatic rings. The summed E-state index contributed by atoms with van der Waals surface area (Å²) in [5.74, 6) is 0.454. The molecule has 1 saturated carbocycles. The van der Waals surface area contributed by atoms with Crippen molar-refractivity contribution in [2.24, 2.45) is 0 Å². The Morgan fingerprint density at radius 2 is 1.56 bits per heavy atom. The molecule has 0 radical (unpaired) electrons. The van der Waals surface area contributed by atoms with Gasteiger partial charge in [-0.3, -0.25) is 4.79 Å². The molecule has 0 heterocycles. The van der Waals surface area contributed by atoms with Gasteiger partial charge in [0.15, 0.2) is 0 Å². The minimum atomic E-state index is 0.382. The fourth-order valence-electron chi connectivity index (χ4n) is 0.769. The Balaban J connectivity index is 0.000000187. The fraction of sp³-hybridized carbons (Fsp3) is 0.800. The van der Waals surface area contributed by atoms with Crippen molar-refractivity contribution < 1.29 is 17.7 Å². The van der Waals surface area contributed by atoms with Gasteiger partial charge in [-0.1, -0.05) is 0 Å². The first-order valence-electron chi connectivity index (χ1n) is 2.66. The number of carbonyl (C=O) groups excluding carboxylic acids is 1. The predicted molar refractivity (Wildman–Crippen MR) is 35.2 cm³/mol. The van der Waals surface area contributed by atoms with Crippen LogP contribution in [0.2, 0.25) is 0 Å². The maximum absolute atomic E-state index is 10.2. The van der Waals surface area contributed by atoms with Crippen LogP contribution in [-0.4, -0.2) is 5.78 Å². The molecule has 0 bridgehead atoms. The van der Waals surface area contributed by atoms with Crippen LogP contribution < -0.4 is 0 Å². The Morgan fingerprint density at radius 3 is 1.67 bits per heavy atom. The van der Waals surface area contributed by atoms with E-state index in [0.29, 0.717) is 18.7 Å². The Labute approximate surface area is 69.6 Å². The van der Waals surface area contributed by atoms with E-state index in [1.165, 1.54) is 0 Å². The van der Waals surface area contributed by atoms with E-state index in [1.54, 1.807) is 0 Å². The van der Waals surface area contributed by atoms with Crippen molar-refractivity contribution in [3.63, 3.8) is 0 Å². The summed E-state index contributed by atoms with van der Waals surface area (Å²) in [6, 6.07) is 0. The number of rotatable bonds is 0. The molecular formula is C5H8Cl2CoO. The van der Waals surface area contributed by atoms with Gasteiger partial charge in [0.05, 0.1) is 0 Å². The Morgan fingerprint density at radius 1 is 1.22 bits per heavy atom. The summed E-state index contributed by atoms with van der Waals surface area (Å²) in [5, 5.41) is 0. The third kappa shape index (κ3) is 6.64. The van der Waals surface area contributed by atoms with E-state index in [-0.39, 0.29) is 0 Å². The summed E-state index contributed by atoms with van der Waals surface area (Å²) >= 11 is 0.382. The first-order chi connectivity index (χ1) is 4.31. The molecule has 1 fully saturated rings. The zero-order valence-corrected chi connectivity index (χ0v) is 7.38. The number of Topliss-reactive ketones (excluding diaryl/α,β-unsaturated/α-hetero) is 1. The van der Waals surface area contributed by atoms with Crippen molar-refractivity contribution in [1.29, 1.82) is 0 Å². The van der Waals surface area contributed by atoms with Gasteiger partial charge in [-0.2, -0.15) is 0 Å². The zero-order valence-electron chi connectivity index (χ0n) is 4.83. The van der Waals surface area contributed by atoms with Crippen molar-refractivity contribution >= 4 is 26.1 Å². The maximum atomic E-state index is 10.2. The molecule has 1 rings (SSSR count). The normalized spacial score (nSPS) is 17.3. The van der Waals surface area contributed by atoms with Crippen LogP contribution in [-0.2, 0) is 17.7 Å². The fourth-order valence-corrected chi connectivity index (χ4v) is 0.769. The number of carbonyl (C=O) groups is 1. The molecule has 57 valence electrons. The van der Waals surface area contributed by atoms with E-state index in [1.807, 2.05) is 0 Å². The number of hydrogen-bond donors (Lipinski definition) is 0. The summed E-state index contributed by atoms with van der Waals surface area (Å²) in [6.45, 7) is 0. The van der Waals surface area contributed by atoms with E-state index < -0.39 is 0 Å². The number of halogens is 2. The van der Waals surface area contributed by atoms with Crippen LogP contribution in [0.25, 0.3) is 0 Å². The van der Waals surface area contributed by atoms with Crippen molar-refractivity contribution in [2.45, 2.75) is 25.7 Å². The second-order valence-corrected chi connectivity index (χ2v) is 3.51. The number of ketones is 1. The van der Waals surface area contributed by atoms with Gasteiger partial charge in [0.2, 0.25) is 0 Å². The molecule has 1 nitrogen and oxygen atoms in total. The molecular weight excluding hydrogens is 206 g/mol. The van der Waals surface area contributed by atoms with Gasteiger partial charge in [-0.15, -0.1) is 0 Å². The van der Waals surface area contributed by atoms with Gasteiger partial charge in [0, 0.05) is 12.8 Å². The first-order valence-corrected chi connectivity index (χ1v) is 5.53. The Bertz CT molecular complexity index is 79.0. The van der Waals surface area contributed by atoms with Crippen molar-refractivity contribution in [1.82, 2.24) is 0 Å². The standard InChI is InChI=1S/C5H8O.2ClH.Co/c6-5-3-1-2-4-5;;;/h1-4H2;2*1H;/q;;;+2/p-2. The minimum absolute atomic E-state index is 0.382. The van der Waals surface area contributed by atoms with Gasteiger partial charge in [-0.05, 0) is 12.8 Å². The Hall–Kier alpha value is 0.756. The molecule has 0 unspecified atom stereocenters. The van der Waals surface area contributed by atoms with Gasteiger partial charge in [-0.25, -0.2) is 0 Å². The molecule has 0 aromatic carbocycles. The van der Waals surface area contributed by atoms with Crippen LogP contribution in [0.3, 0.4) is 0 Å². The molecule has 0 amide bonds. The second-order valence-electron chi connectivity index (χ2n) is 1.79. The molecule has 9 heavy (non-hydrogen) atoms. The monoisotopic (exact) mass is 213 g/mol. The van der Waals surface area contributed by atoms with Crippen LogP contribution in [0.4, 0.5) is 0 Å². The average Bonchev–Trinajstić information content (AvgIpc) is 2.20. The van der Waals surface area contributed by atoms with E-state index >= 15 is 0 Å². The third-order valence-electron chi connectivity index (χ3n) is 1.16. The van der Waals surface area contributed by atoms with Crippen LogP contribution in [0.15, 0.2) is 0 Å². The van der Waals surface area contributed by atoms with Gasteiger partial charge >= 0.3 is 33.2 Å². The molecule has 0 spiro atoms. The zero-order chi connectivity index (χ0) is 7.11. The molecule has 0 aromatic rings. The van der Waals surface area contributed by atoms with Crippen molar-refractivity contribution in [2.75, 3.05) is 0 Å². The molecule has 1 aliphatic carbocycles. The summed E-state index contributed by atoms with van der Waals surface area (Å²) in [7, 11) is 9.47. The summed E-state index contributed by atoms with van der Waals surface area (Å²) in [6.07, 6.45) is 3.97. The summed E-state index contributed by atoms with van der Waals surface area (Å²) < 4.78 is 0. The average molecular weight is 214 g/mol. The van der Waals surface area contributed by atoms with Crippen LogP contribution in [0.1, 0.15) is 25.7 Å². The van der Waals surface area contributed by atoms with Crippen LogP contribution in [0, 0.1) is 0 Å². The molecule has 0 saturated heterocycles. The first kappa shape index (κ1) is 9.76. The van der Waals surface area contributed by atoms with Gasteiger partial charge in [0.1, 0.15) is 5.78 Å². The van der Waals surface area contributed by atoms with E-state index in [2.05, 4.69) is 0 Å². The summed E-state index contributed by atoms with van der Waals surface area (Å²) in [4.78, 5) is 10.2.